The summed E-state index contributed by atoms with van der Waals surface area (Å²) < 4.78 is 23.2. The lowest BCUT2D eigenvalue weighted by Gasteiger charge is -2.11. The number of nitrogens with two attached hydrogens (primary N) is 1. The van der Waals surface area contributed by atoms with Crippen LogP contribution in [-0.2, 0) is 4.29 Å². The molecule has 2 heterocycles. The van der Waals surface area contributed by atoms with Crippen molar-refractivity contribution in [1.29, 1.82) is 0 Å². The SMILES string of the molecule is COc1ccc(-c2nc(C(=O)OCl)c(Cl)c(N)c2F)c(Cl)n1. The molecule has 22 heavy (non-hydrogen) atoms. The minimum Gasteiger partial charge on any atom is -0.481 e. The Labute approximate surface area is 139 Å². The Morgan fingerprint density at radius 3 is 2.55 bits per heavy atom. The van der Waals surface area contributed by atoms with Crippen LogP contribution in [0.1, 0.15) is 10.5 Å². The molecule has 0 amide bonds. The summed E-state index contributed by atoms with van der Waals surface area (Å²) in [6.45, 7) is 0. The number of methoxy groups -OCH3 is 1. The lowest BCUT2D eigenvalue weighted by atomic mass is 10.1. The predicted molar refractivity (Wildman–Crippen MR) is 79.7 cm³/mol. The summed E-state index contributed by atoms with van der Waals surface area (Å²) in [4.78, 5) is 19.2. The summed E-state index contributed by atoms with van der Waals surface area (Å²) in [5.74, 6) is -1.82. The van der Waals surface area contributed by atoms with E-state index in [1.54, 1.807) is 0 Å². The van der Waals surface area contributed by atoms with Crippen LogP contribution in [0.25, 0.3) is 11.3 Å². The molecule has 0 aliphatic rings. The molecule has 116 valence electrons. The average Bonchev–Trinajstić information content (AvgIpc) is 2.52. The fourth-order valence-electron chi connectivity index (χ4n) is 1.62. The highest BCUT2D eigenvalue weighted by Gasteiger charge is 2.24. The molecule has 0 radical (unpaired) electrons. The number of hydrogen-bond acceptors (Lipinski definition) is 6. The van der Waals surface area contributed by atoms with Crippen LogP contribution < -0.4 is 10.5 Å². The van der Waals surface area contributed by atoms with Gasteiger partial charge in [-0.2, -0.15) is 0 Å². The van der Waals surface area contributed by atoms with Crippen LogP contribution in [0.15, 0.2) is 12.1 Å². The number of hydrogen-bond donors (Lipinski definition) is 1. The van der Waals surface area contributed by atoms with Crippen LogP contribution >= 0.6 is 35.1 Å². The molecule has 2 aromatic rings. The molecule has 0 saturated heterocycles. The number of ether oxygens (including phenoxy) is 1. The molecular weight excluding hydrogens is 360 g/mol. The summed E-state index contributed by atoms with van der Waals surface area (Å²) >= 11 is 16.7. The topological polar surface area (TPSA) is 87.3 Å². The number of rotatable bonds is 3. The summed E-state index contributed by atoms with van der Waals surface area (Å²) in [6.07, 6.45) is 0. The Bertz CT molecular complexity index is 758. The van der Waals surface area contributed by atoms with Crippen molar-refractivity contribution >= 4 is 46.7 Å². The summed E-state index contributed by atoms with van der Waals surface area (Å²) in [5, 5.41) is -0.512. The highest BCUT2D eigenvalue weighted by Crippen LogP contribution is 2.35. The fraction of sp³-hybridized carbons (Fsp3) is 0.0833. The Morgan fingerprint density at radius 2 is 2.00 bits per heavy atom. The minimum absolute atomic E-state index is 0.0898. The first kappa shape index (κ1) is 16.5. The highest BCUT2D eigenvalue weighted by molar-refractivity contribution is 6.36. The predicted octanol–water partition coefficient (Wildman–Crippen LogP) is 3.49. The molecule has 2 aromatic heterocycles. The van der Waals surface area contributed by atoms with Crippen molar-refractivity contribution in [2.45, 2.75) is 0 Å². The third-order valence-corrected chi connectivity index (χ3v) is 3.47. The van der Waals surface area contributed by atoms with Gasteiger partial charge in [0.25, 0.3) is 0 Å². The molecule has 6 nitrogen and oxygen atoms in total. The smallest absolute Gasteiger partial charge is 0.376 e. The van der Waals surface area contributed by atoms with E-state index in [0.29, 0.717) is 0 Å². The van der Waals surface area contributed by atoms with E-state index in [4.69, 9.17) is 45.5 Å². The van der Waals surface area contributed by atoms with Crippen molar-refractivity contribution in [3.05, 3.63) is 33.8 Å². The van der Waals surface area contributed by atoms with Gasteiger partial charge in [-0.1, -0.05) is 23.2 Å². The zero-order valence-electron chi connectivity index (χ0n) is 10.9. The van der Waals surface area contributed by atoms with Gasteiger partial charge in [-0.3, -0.25) is 0 Å². The van der Waals surface area contributed by atoms with Gasteiger partial charge in [0.05, 0.1) is 17.8 Å². The lowest BCUT2D eigenvalue weighted by Crippen LogP contribution is -2.09. The molecule has 2 rings (SSSR count). The quantitative estimate of drug-likeness (QED) is 0.837. The molecule has 0 aliphatic carbocycles. The first-order valence-corrected chi connectivity index (χ1v) is 6.65. The van der Waals surface area contributed by atoms with E-state index >= 15 is 0 Å². The van der Waals surface area contributed by atoms with E-state index in [1.165, 1.54) is 19.2 Å². The molecule has 0 aliphatic heterocycles. The van der Waals surface area contributed by atoms with Crippen LogP contribution in [0.5, 0.6) is 5.88 Å². The molecular formula is C12H7Cl3FN3O3. The molecule has 10 heteroatoms. The molecule has 0 spiro atoms. The van der Waals surface area contributed by atoms with Gasteiger partial charge >= 0.3 is 5.97 Å². The van der Waals surface area contributed by atoms with E-state index in [-0.39, 0.29) is 22.3 Å². The third-order valence-electron chi connectivity index (χ3n) is 2.66. The van der Waals surface area contributed by atoms with Crippen molar-refractivity contribution in [2.75, 3.05) is 12.8 Å². The van der Waals surface area contributed by atoms with Gasteiger partial charge in [0.15, 0.2) is 11.5 Å². The maximum absolute atomic E-state index is 14.3. The van der Waals surface area contributed by atoms with Crippen LogP contribution in [-0.4, -0.2) is 23.0 Å². The van der Waals surface area contributed by atoms with E-state index in [1.807, 2.05) is 0 Å². The molecule has 0 atom stereocenters. The number of anilines is 1. The zero-order valence-corrected chi connectivity index (χ0v) is 13.1. The van der Waals surface area contributed by atoms with Crippen molar-refractivity contribution in [1.82, 2.24) is 9.97 Å². The number of pyridine rings is 2. The van der Waals surface area contributed by atoms with Crippen molar-refractivity contribution in [3.63, 3.8) is 0 Å². The summed E-state index contributed by atoms with van der Waals surface area (Å²) in [6, 6.07) is 2.84. The van der Waals surface area contributed by atoms with Gasteiger partial charge in [-0.05, 0) is 6.07 Å². The third kappa shape index (κ3) is 2.87. The summed E-state index contributed by atoms with van der Waals surface area (Å²) in [7, 11) is 1.39. The van der Waals surface area contributed by atoms with Gasteiger partial charge in [0, 0.05) is 11.6 Å². The van der Waals surface area contributed by atoms with Crippen LogP contribution in [0.3, 0.4) is 0 Å². The number of halogens is 4. The van der Waals surface area contributed by atoms with Gasteiger partial charge in [-0.25, -0.2) is 19.2 Å². The first-order chi connectivity index (χ1) is 10.4. The van der Waals surface area contributed by atoms with Crippen molar-refractivity contribution in [3.8, 4) is 17.1 Å². The van der Waals surface area contributed by atoms with Gasteiger partial charge in [0.1, 0.15) is 22.7 Å². The molecule has 0 fully saturated rings. The van der Waals surface area contributed by atoms with E-state index < -0.39 is 28.2 Å². The number of nitrogen functional groups attached to an aromatic ring is 1. The number of nitrogens with zero attached hydrogens (tertiary/aromatic N) is 2. The Hall–Kier alpha value is -1.83. The minimum atomic E-state index is -1.09. The zero-order chi connectivity index (χ0) is 16.4. The second kappa shape index (κ2) is 6.51. The van der Waals surface area contributed by atoms with Crippen molar-refractivity contribution < 1.29 is 18.2 Å². The molecule has 2 N–H and O–H groups in total. The number of carbonyl (C=O) groups is 1. The van der Waals surface area contributed by atoms with Gasteiger partial charge in [-0.15, -0.1) is 0 Å². The maximum Gasteiger partial charge on any atom is 0.376 e. The highest BCUT2D eigenvalue weighted by atomic mass is 35.5. The standard InChI is InChI=1S/C12H7Cl3FN3O3/c1-21-5-3-2-4(11(14)18-5)9-7(16)8(17)6(13)10(19-9)12(20)22-15/h2-3H,1H3,(H2,17,19). The molecule has 0 bridgehead atoms. The van der Waals surface area contributed by atoms with E-state index in [9.17, 15) is 9.18 Å². The van der Waals surface area contributed by atoms with Crippen LogP contribution in [0.2, 0.25) is 10.2 Å². The fourth-order valence-corrected chi connectivity index (χ4v) is 2.13. The lowest BCUT2D eigenvalue weighted by molar-refractivity contribution is 0.0745. The van der Waals surface area contributed by atoms with E-state index in [0.717, 1.165) is 0 Å². The van der Waals surface area contributed by atoms with E-state index in [2.05, 4.69) is 14.3 Å². The molecule has 0 unspecified atom stereocenters. The average molecular weight is 367 g/mol. The van der Waals surface area contributed by atoms with Crippen molar-refractivity contribution in [2.24, 2.45) is 0 Å². The Kier molecular flexibility index (Phi) is 4.90. The largest absolute Gasteiger partial charge is 0.481 e. The first-order valence-electron chi connectivity index (χ1n) is 5.59. The summed E-state index contributed by atoms with van der Waals surface area (Å²) in [5.41, 5.74) is 4.37. The van der Waals surface area contributed by atoms with Crippen LogP contribution in [0, 0.1) is 5.82 Å². The monoisotopic (exact) mass is 365 g/mol. The number of carbonyl (C=O) groups excluding carboxylic acids is 1. The molecule has 0 aromatic carbocycles. The van der Waals surface area contributed by atoms with Gasteiger partial charge in [0.2, 0.25) is 5.88 Å². The Balaban J connectivity index is 2.70. The normalized spacial score (nSPS) is 10.4. The maximum atomic E-state index is 14.3. The van der Waals surface area contributed by atoms with Gasteiger partial charge < -0.3 is 14.8 Å². The second-order valence-electron chi connectivity index (χ2n) is 3.91. The Morgan fingerprint density at radius 1 is 1.32 bits per heavy atom. The van der Waals surface area contributed by atoms with Crippen LogP contribution in [0.4, 0.5) is 10.1 Å². The second-order valence-corrected chi connectivity index (χ2v) is 4.80. The number of aromatic nitrogens is 2. The molecule has 0 saturated carbocycles.